The number of aromatic hydroxyl groups is 1. The summed E-state index contributed by atoms with van der Waals surface area (Å²) in [6.07, 6.45) is 6.69. The van der Waals surface area contributed by atoms with Crippen molar-refractivity contribution in [2.45, 2.75) is 66.2 Å². The molecule has 0 aromatic heterocycles. The highest BCUT2D eigenvalue weighted by Crippen LogP contribution is 2.38. The van der Waals surface area contributed by atoms with Gasteiger partial charge in [0.1, 0.15) is 5.57 Å². The predicted molar refractivity (Wildman–Crippen MR) is 119 cm³/mol. The lowest BCUT2D eigenvalue weighted by Gasteiger charge is -2.13. The van der Waals surface area contributed by atoms with Gasteiger partial charge >= 0.3 is 11.9 Å². The number of phenols is 1. The molecule has 0 aliphatic carbocycles. The van der Waals surface area contributed by atoms with Crippen molar-refractivity contribution in [2.24, 2.45) is 0 Å². The molecule has 174 valence electrons. The zero-order valence-corrected chi connectivity index (χ0v) is 19.2. The number of ether oxygens (including phenoxy) is 4. The van der Waals surface area contributed by atoms with Gasteiger partial charge in [0, 0.05) is 0 Å². The quantitative estimate of drug-likeness (QED) is 0.135. The maximum Gasteiger partial charge on any atom is 0.345 e. The van der Waals surface area contributed by atoms with Crippen molar-refractivity contribution in [3.63, 3.8) is 0 Å². The van der Waals surface area contributed by atoms with Crippen molar-refractivity contribution in [1.29, 1.82) is 0 Å². The van der Waals surface area contributed by atoms with Gasteiger partial charge in [0.15, 0.2) is 11.5 Å². The first-order valence-electron chi connectivity index (χ1n) is 11.2. The van der Waals surface area contributed by atoms with Crippen LogP contribution in [0.3, 0.4) is 0 Å². The van der Waals surface area contributed by atoms with Crippen LogP contribution < -0.4 is 9.47 Å². The van der Waals surface area contributed by atoms with Gasteiger partial charge in [-0.05, 0) is 50.5 Å². The largest absolute Gasteiger partial charge is 0.502 e. The fourth-order valence-electron chi connectivity index (χ4n) is 2.77. The normalized spacial score (nSPS) is 10.3. The molecule has 1 N–H and O–H groups in total. The third-order valence-electron chi connectivity index (χ3n) is 4.37. The summed E-state index contributed by atoms with van der Waals surface area (Å²) in [7, 11) is 0. The Hall–Kier alpha value is -2.70. The van der Waals surface area contributed by atoms with Gasteiger partial charge in [-0.3, -0.25) is 0 Å². The van der Waals surface area contributed by atoms with E-state index in [1.54, 1.807) is 13.8 Å². The fraction of sp³-hybridized carbons (Fsp3) is 0.583. The minimum atomic E-state index is -0.736. The number of unbranched alkanes of at least 4 members (excludes halogenated alkanes) is 4. The molecule has 1 rings (SSSR count). The molecule has 0 amide bonds. The molecule has 0 radical (unpaired) electrons. The number of hydrogen-bond donors (Lipinski definition) is 1. The van der Waals surface area contributed by atoms with Gasteiger partial charge in [-0.15, -0.1) is 0 Å². The van der Waals surface area contributed by atoms with E-state index in [0.29, 0.717) is 18.8 Å². The molecule has 7 nitrogen and oxygen atoms in total. The molecular formula is C24H36O7. The predicted octanol–water partition coefficient (Wildman–Crippen LogP) is 5.04. The minimum absolute atomic E-state index is 0.133. The van der Waals surface area contributed by atoms with E-state index in [2.05, 4.69) is 13.8 Å². The van der Waals surface area contributed by atoms with Gasteiger partial charge in [-0.2, -0.15) is 0 Å². The summed E-state index contributed by atoms with van der Waals surface area (Å²) in [5.41, 5.74) is 0.249. The monoisotopic (exact) mass is 436 g/mol. The Balaban J connectivity index is 3.19. The molecule has 0 bridgehead atoms. The zero-order chi connectivity index (χ0) is 23.1. The number of hydrogen-bond acceptors (Lipinski definition) is 7. The Kier molecular flexibility index (Phi) is 12.9. The van der Waals surface area contributed by atoms with E-state index in [0.717, 1.165) is 38.5 Å². The van der Waals surface area contributed by atoms with Crippen LogP contribution in [0.5, 0.6) is 17.2 Å². The van der Waals surface area contributed by atoms with Gasteiger partial charge in [-0.1, -0.05) is 39.5 Å². The van der Waals surface area contributed by atoms with Gasteiger partial charge < -0.3 is 24.1 Å². The molecule has 1 aromatic carbocycles. The standard InChI is InChI=1S/C24H36O7/c1-5-9-11-13-30-23(26)19(24(27)31-14-12-10-6-2)15-18-16-20(28-7-3)22(25)21(17-18)29-8-4/h15-17,25H,5-14H2,1-4H3. The molecule has 0 atom stereocenters. The number of carbonyl (C=O) groups is 2. The van der Waals surface area contributed by atoms with E-state index in [1.165, 1.54) is 18.2 Å². The second-order valence-electron chi connectivity index (χ2n) is 6.98. The van der Waals surface area contributed by atoms with Crippen LogP contribution >= 0.6 is 0 Å². The molecule has 7 heteroatoms. The Bertz CT molecular complexity index is 672. The van der Waals surface area contributed by atoms with Crippen molar-refractivity contribution < 1.29 is 33.6 Å². The summed E-state index contributed by atoms with van der Waals surface area (Å²) >= 11 is 0. The first-order valence-corrected chi connectivity index (χ1v) is 11.2. The Morgan fingerprint density at radius 1 is 0.806 bits per heavy atom. The summed E-state index contributed by atoms with van der Waals surface area (Å²) in [6.45, 7) is 8.81. The number of carbonyl (C=O) groups excluding carboxylic acids is 2. The summed E-state index contributed by atoms with van der Waals surface area (Å²) in [4.78, 5) is 25.3. The molecule has 0 unspecified atom stereocenters. The van der Waals surface area contributed by atoms with E-state index in [1.807, 2.05) is 0 Å². The van der Waals surface area contributed by atoms with Crippen molar-refractivity contribution in [3.8, 4) is 17.2 Å². The van der Waals surface area contributed by atoms with Crippen LogP contribution in [-0.2, 0) is 19.1 Å². The van der Waals surface area contributed by atoms with Gasteiger partial charge in [0.2, 0.25) is 5.75 Å². The number of rotatable bonds is 15. The van der Waals surface area contributed by atoms with Crippen molar-refractivity contribution in [1.82, 2.24) is 0 Å². The lowest BCUT2D eigenvalue weighted by molar-refractivity contribution is -0.147. The summed E-state index contributed by atoms with van der Waals surface area (Å²) in [6, 6.07) is 3.08. The smallest absolute Gasteiger partial charge is 0.345 e. The Morgan fingerprint density at radius 3 is 1.65 bits per heavy atom. The molecule has 31 heavy (non-hydrogen) atoms. The highest BCUT2D eigenvalue weighted by Gasteiger charge is 2.22. The SMILES string of the molecule is CCCCCOC(=O)C(=Cc1cc(OCC)c(O)c(OCC)c1)C(=O)OCCCCC. The first kappa shape index (κ1) is 26.3. The summed E-state index contributed by atoms with van der Waals surface area (Å²) in [5.74, 6) is -1.20. The molecule has 0 aliphatic rings. The molecule has 0 saturated carbocycles. The molecule has 1 aromatic rings. The molecule has 0 heterocycles. The highest BCUT2D eigenvalue weighted by molar-refractivity contribution is 6.17. The zero-order valence-electron chi connectivity index (χ0n) is 19.2. The van der Waals surface area contributed by atoms with Crippen molar-refractivity contribution >= 4 is 18.0 Å². The topological polar surface area (TPSA) is 91.3 Å². The average Bonchev–Trinajstić information content (AvgIpc) is 2.75. The number of phenolic OH excluding ortho intramolecular Hbond substituents is 1. The molecule has 0 spiro atoms. The Morgan fingerprint density at radius 2 is 1.26 bits per heavy atom. The van der Waals surface area contributed by atoms with E-state index in [9.17, 15) is 14.7 Å². The van der Waals surface area contributed by atoms with Crippen LogP contribution in [0.25, 0.3) is 6.08 Å². The first-order chi connectivity index (χ1) is 15.0. The number of benzene rings is 1. The highest BCUT2D eigenvalue weighted by atomic mass is 16.6. The van der Waals surface area contributed by atoms with Crippen LogP contribution in [0.2, 0.25) is 0 Å². The van der Waals surface area contributed by atoms with E-state index in [-0.39, 0.29) is 36.0 Å². The molecule has 0 aliphatic heterocycles. The van der Waals surface area contributed by atoms with E-state index >= 15 is 0 Å². The van der Waals surface area contributed by atoms with E-state index in [4.69, 9.17) is 18.9 Å². The van der Waals surface area contributed by atoms with Gasteiger partial charge in [-0.25, -0.2) is 9.59 Å². The van der Waals surface area contributed by atoms with Crippen molar-refractivity contribution in [2.75, 3.05) is 26.4 Å². The maximum atomic E-state index is 12.6. The van der Waals surface area contributed by atoms with Gasteiger partial charge in [0.25, 0.3) is 0 Å². The lowest BCUT2D eigenvalue weighted by atomic mass is 10.1. The third kappa shape index (κ3) is 9.32. The summed E-state index contributed by atoms with van der Waals surface area (Å²) < 4.78 is 21.5. The second kappa shape index (κ2) is 15.2. The van der Waals surface area contributed by atoms with Crippen molar-refractivity contribution in [3.05, 3.63) is 23.3 Å². The molecular weight excluding hydrogens is 400 g/mol. The molecule has 0 saturated heterocycles. The Labute approximate surface area is 185 Å². The van der Waals surface area contributed by atoms with Gasteiger partial charge in [0.05, 0.1) is 26.4 Å². The third-order valence-corrected chi connectivity index (χ3v) is 4.37. The average molecular weight is 437 g/mol. The van der Waals surface area contributed by atoms with Crippen LogP contribution in [0.15, 0.2) is 17.7 Å². The molecule has 0 fully saturated rings. The van der Waals surface area contributed by atoms with E-state index < -0.39 is 11.9 Å². The number of esters is 2. The summed E-state index contributed by atoms with van der Waals surface area (Å²) in [5, 5.41) is 10.3. The van der Waals surface area contributed by atoms with Crippen LogP contribution in [0.4, 0.5) is 0 Å². The minimum Gasteiger partial charge on any atom is -0.502 e. The van der Waals surface area contributed by atoms with Crippen LogP contribution in [0.1, 0.15) is 71.8 Å². The second-order valence-corrected chi connectivity index (χ2v) is 6.98. The lowest BCUT2D eigenvalue weighted by Crippen LogP contribution is -2.19. The van der Waals surface area contributed by atoms with Crippen LogP contribution in [-0.4, -0.2) is 43.5 Å². The fourth-order valence-corrected chi connectivity index (χ4v) is 2.77. The van der Waals surface area contributed by atoms with Crippen LogP contribution in [0, 0.1) is 0 Å². The maximum absolute atomic E-state index is 12.6.